The lowest BCUT2D eigenvalue weighted by Gasteiger charge is -2.35. The number of amides is 1. The predicted octanol–water partition coefficient (Wildman–Crippen LogP) is 3.52. The Hall–Kier alpha value is -2.25. The lowest BCUT2D eigenvalue weighted by Crippen LogP contribution is -2.48. The van der Waals surface area contributed by atoms with Crippen molar-refractivity contribution in [2.45, 2.75) is 11.4 Å². The van der Waals surface area contributed by atoms with Crippen LogP contribution in [0.25, 0.3) is 0 Å². The molecule has 0 aromatic heterocycles. The standard InChI is InChI=1S/C21H25FN2O3S/c1-26-19-7-4-16(22)12-15(19)14-23-8-10-24(11-9-23)21(25)18-6-5-17(28-3)13-20(18)27-2/h4-7,12-13H,8-11,14H2,1-3H3. The molecular formula is C21H25FN2O3S. The molecule has 1 heterocycles. The van der Waals surface area contributed by atoms with Crippen molar-refractivity contribution >= 4 is 17.7 Å². The number of halogens is 1. The molecule has 7 heteroatoms. The summed E-state index contributed by atoms with van der Waals surface area (Å²) in [6, 6.07) is 10.2. The molecule has 0 radical (unpaired) electrons. The molecule has 0 saturated carbocycles. The maximum absolute atomic E-state index is 13.6. The number of nitrogens with zero attached hydrogens (tertiary/aromatic N) is 2. The van der Waals surface area contributed by atoms with Gasteiger partial charge in [0.15, 0.2) is 0 Å². The molecule has 1 aliphatic rings. The average molecular weight is 405 g/mol. The number of carbonyl (C=O) groups is 1. The van der Waals surface area contributed by atoms with Crippen molar-refractivity contribution in [3.63, 3.8) is 0 Å². The van der Waals surface area contributed by atoms with Crippen molar-refractivity contribution in [1.82, 2.24) is 9.80 Å². The van der Waals surface area contributed by atoms with Crippen molar-refractivity contribution in [2.75, 3.05) is 46.7 Å². The Kier molecular flexibility index (Phi) is 6.80. The van der Waals surface area contributed by atoms with Gasteiger partial charge < -0.3 is 14.4 Å². The Morgan fingerprint density at radius 1 is 1.04 bits per heavy atom. The number of ether oxygens (including phenoxy) is 2. The summed E-state index contributed by atoms with van der Waals surface area (Å²) in [5.41, 5.74) is 1.40. The summed E-state index contributed by atoms with van der Waals surface area (Å²) in [5, 5.41) is 0. The minimum absolute atomic E-state index is 0.0208. The van der Waals surface area contributed by atoms with Crippen molar-refractivity contribution in [3.05, 3.63) is 53.3 Å². The molecule has 0 spiro atoms. The van der Waals surface area contributed by atoms with Crippen molar-refractivity contribution in [3.8, 4) is 11.5 Å². The van der Waals surface area contributed by atoms with Crippen LogP contribution in [-0.4, -0.2) is 62.4 Å². The second-order valence-corrected chi connectivity index (χ2v) is 7.47. The third-order valence-electron chi connectivity index (χ3n) is 4.94. The van der Waals surface area contributed by atoms with Crippen LogP contribution in [0.2, 0.25) is 0 Å². The fraction of sp³-hybridized carbons (Fsp3) is 0.381. The van der Waals surface area contributed by atoms with Gasteiger partial charge in [-0.25, -0.2) is 4.39 Å². The molecule has 1 fully saturated rings. The van der Waals surface area contributed by atoms with Crippen molar-refractivity contribution in [1.29, 1.82) is 0 Å². The van der Waals surface area contributed by atoms with Crippen LogP contribution in [0.4, 0.5) is 4.39 Å². The first-order valence-electron chi connectivity index (χ1n) is 9.11. The summed E-state index contributed by atoms with van der Waals surface area (Å²) in [6.07, 6.45) is 1.99. The SMILES string of the molecule is COc1ccc(F)cc1CN1CCN(C(=O)c2ccc(SC)cc2OC)CC1. The highest BCUT2D eigenvalue weighted by Gasteiger charge is 2.25. The molecule has 0 atom stereocenters. The minimum Gasteiger partial charge on any atom is -0.496 e. The molecule has 2 aromatic rings. The van der Waals surface area contributed by atoms with E-state index < -0.39 is 0 Å². The zero-order valence-corrected chi connectivity index (χ0v) is 17.2. The molecule has 0 N–H and O–H groups in total. The zero-order valence-electron chi connectivity index (χ0n) is 16.4. The van der Waals surface area contributed by atoms with Gasteiger partial charge in [0.05, 0.1) is 19.8 Å². The highest BCUT2D eigenvalue weighted by atomic mass is 32.2. The van der Waals surface area contributed by atoms with E-state index in [0.717, 1.165) is 23.5 Å². The largest absolute Gasteiger partial charge is 0.496 e. The Morgan fingerprint density at radius 3 is 2.39 bits per heavy atom. The van der Waals surface area contributed by atoms with Crippen LogP contribution in [0.3, 0.4) is 0 Å². The van der Waals surface area contributed by atoms with Crippen molar-refractivity contribution < 1.29 is 18.7 Å². The number of thioether (sulfide) groups is 1. The van der Waals surface area contributed by atoms with Crippen LogP contribution in [-0.2, 0) is 6.54 Å². The number of carbonyl (C=O) groups excluding carboxylic acids is 1. The van der Waals surface area contributed by atoms with E-state index in [0.29, 0.717) is 36.7 Å². The van der Waals surface area contributed by atoms with Crippen LogP contribution in [0.5, 0.6) is 11.5 Å². The number of methoxy groups -OCH3 is 2. The quantitative estimate of drug-likeness (QED) is 0.689. The summed E-state index contributed by atoms with van der Waals surface area (Å²) in [5.74, 6) is 0.986. The van der Waals surface area contributed by atoms with Gasteiger partial charge in [-0.2, -0.15) is 0 Å². The van der Waals surface area contributed by atoms with Gasteiger partial charge in [-0.3, -0.25) is 9.69 Å². The molecule has 0 unspecified atom stereocenters. The molecule has 28 heavy (non-hydrogen) atoms. The number of piperazine rings is 1. The van der Waals surface area contributed by atoms with Crippen LogP contribution in [0, 0.1) is 5.82 Å². The van der Waals surface area contributed by atoms with Crippen molar-refractivity contribution in [2.24, 2.45) is 0 Å². The van der Waals surface area contributed by atoms with Gasteiger partial charge in [0, 0.05) is 43.2 Å². The van der Waals surface area contributed by atoms with E-state index in [-0.39, 0.29) is 11.7 Å². The van der Waals surface area contributed by atoms with Gasteiger partial charge in [0.1, 0.15) is 17.3 Å². The maximum atomic E-state index is 13.6. The fourth-order valence-corrected chi connectivity index (χ4v) is 3.80. The molecular weight excluding hydrogens is 379 g/mol. The summed E-state index contributed by atoms with van der Waals surface area (Å²) in [6.45, 7) is 3.26. The second kappa shape index (κ2) is 9.30. The molecule has 150 valence electrons. The molecule has 5 nitrogen and oxygen atoms in total. The van der Waals surface area contributed by atoms with Gasteiger partial charge in [0.25, 0.3) is 5.91 Å². The van der Waals surface area contributed by atoms with Gasteiger partial charge in [-0.1, -0.05) is 0 Å². The molecule has 2 aromatic carbocycles. The number of hydrogen-bond acceptors (Lipinski definition) is 5. The molecule has 1 saturated heterocycles. The second-order valence-electron chi connectivity index (χ2n) is 6.59. The first kappa shape index (κ1) is 20.5. The lowest BCUT2D eigenvalue weighted by molar-refractivity contribution is 0.0624. The van der Waals surface area contributed by atoms with Crippen LogP contribution in [0.15, 0.2) is 41.3 Å². The monoisotopic (exact) mass is 404 g/mol. The Bertz CT molecular complexity index is 838. The van der Waals surface area contributed by atoms with Gasteiger partial charge >= 0.3 is 0 Å². The Labute approximate surface area is 169 Å². The van der Waals surface area contributed by atoms with Gasteiger partial charge in [-0.05, 0) is 42.7 Å². The summed E-state index contributed by atoms with van der Waals surface area (Å²) >= 11 is 1.61. The highest BCUT2D eigenvalue weighted by Crippen LogP contribution is 2.27. The van der Waals surface area contributed by atoms with Crippen LogP contribution >= 0.6 is 11.8 Å². The predicted molar refractivity (Wildman–Crippen MR) is 109 cm³/mol. The third kappa shape index (κ3) is 4.59. The summed E-state index contributed by atoms with van der Waals surface area (Å²) in [7, 11) is 3.17. The molecule has 3 rings (SSSR count). The Balaban J connectivity index is 1.64. The van der Waals surface area contributed by atoms with E-state index in [1.165, 1.54) is 12.1 Å². The summed E-state index contributed by atoms with van der Waals surface area (Å²) < 4.78 is 24.3. The summed E-state index contributed by atoms with van der Waals surface area (Å²) in [4.78, 5) is 18.0. The van der Waals surface area contributed by atoms with E-state index in [9.17, 15) is 9.18 Å². The topological polar surface area (TPSA) is 42.0 Å². The molecule has 1 aliphatic heterocycles. The minimum atomic E-state index is -0.273. The van der Waals surface area contributed by atoms with E-state index in [4.69, 9.17) is 9.47 Å². The fourth-order valence-electron chi connectivity index (χ4n) is 3.37. The molecule has 1 amide bonds. The molecule has 0 aliphatic carbocycles. The van der Waals surface area contributed by atoms with E-state index >= 15 is 0 Å². The average Bonchev–Trinajstić information content (AvgIpc) is 2.73. The van der Waals surface area contributed by atoms with Gasteiger partial charge in [-0.15, -0.1) is 11.8 Å². The van der Waals surface area contributed by atoms with E-state index in [1.807, 2.05) is 29.4 Å². The highest BCUT2D eigenvalue weighted by molar-refractivity contribution is 7.98. The number of rotatable bonds is 6. The van der Waals surface area contributed by atoms with Crippen LogP contribution < -0.4 is 9.47 Å². The van der Waals surface area contributed by atoms with Crippen LogP contribution in [0.1, 0.15) is 15.9 Å². The van der Waals surface area contributed by atoms with Gasteiger partial charge in [0.2, 0.25) is 0 Å². The number of benzene rings is 2. The normalized spacial score (nSPS) is 14.8. The number of hydrogen-bond donors (Lipinski definition) is 0. The lowest BCUT2D eigenvalue weighted by atomic mass is 10.1. The first-order valence-corrected chi connectivity index (χ1v) is 10.3. The zero-order chi connectivity index (χ0) is 20.1. The maximum Gasteiger partial charge on any atom is 0.257 e. The van der Waals surface area contributed by atoms with E-state index in [2.05, 4.69) is 4.90 Å². The first-order chi connectivity index (χ1) is 13.5. The van der Waals surface area contributed by atoms with E-state index in [1.54, 1.807) is 32.0 Å². The third-order valence-corrected chi connectivity index (χ3v) is 5.66. The Morgan fingerprint density at radius 2 is 1.75 bits per heavy atom. The molecule has 0 bridgehead atoms. The smallest absolute Gasteiger partial charge is 0.257 e.